The third-order valence-corrected chi connectivity index (χ3v) is 10.9. The van der Waals surface area contributed by atoms with Gasteiger partial charge in [0, 0.05) is 38.4 Å². The number of rotatable bonds is 6. The molecule has 3 heterocycles. The van der Waals surface area contributed by atoms with Gasteiger partial charge in [-0.3, -0.25) is 4.57 Å². The molecule has 0 spiro atoms. The Kier molecular flexibility index (Phi) is 7.54. The zero-order valence-corrected chi connectivity index (χ0v) is 30.7. The molecule has 1 N–H and O–H groups in total. The number of nitrogens with zero attached hydrogens (tertiary/aromatic N) is 5. The van der Waals surface area contributed by atoms with Crippen LogP contribution in [0.4, 0.5) is 0 Å². The number of aromatic hydroxyl groups is 1. The van der Waals surface area contributed by atoms with Crippen LogP contribution in [-0.4, -0.2) is 29.2 Å². The van der Waals surface area contributed by atoms with Gasteiger partial charge in [-0.2, -0.15) is 9.97 Å². The van der Waals surface area contributed by atoms with E-state index in [0.717, 1.165) is 66.0 Å². The number of hydrogen-bond acceptors (Lipinski definition) is 4. The van der Waals surface area contributed by atoms with Crippen LogP contribution in [-0.2, 0) is 0 Å². The van der Waals surface area contributed by atoms with Gasteiger partial charge in [-0.1, -0.05) is 158 Å². The van der Waals surface area contributed by atoms with Crippen molar-refractivity contribution in [2.45, 2.75) is 0 Å². The minimum Gasteiger partial charge on any atom is -0.508 e. The number of fused-ring (bicyclic) bond motifs is 7. The second kappa shape index (κ2) is 13.2. The highest BCUT2D eigenvalue weighted by molar-refractivity contribution is 6.23. The number of aromatic nitrogens is 5. The summed E-state index contributed by atoms with van der Waals surface area (Å²) in [6.45, 7) is 0. The van der Waals surface area contributed by atoms with Crippen molar-refractivity contribution in [3.8, 4) is 62.4 Å². The highest BCUT2D eigenvalue weighted by Crippen LogP contribution is 2.42. The molecule has 0 atom stereocenters. The van der Waals surface area contributed by atoms with Crippen molar-refractivity contribution in [3.63, 3.8) is 0 Å². The van der Waals surface area contributed by atoms with Crippen LogP contribution >= 0.6 is 0 Å². The number of para-hydroxylation sites is 2. The second-order valence-corrected chi connectivity index (χ2v) is 14.3. The molecule has 0 aliphatic heterocycles. The topological polar surface area (TPSA) is 68.8 Å². The number of benzene rings is 8. The molecule has 0 bridgehead atoms. The minimum absolute atomic E-state index is 0.147. The van der Waals surface area contributed by atoms with E-state index in [0.29, 0.717) is 23.2 Å². The maximum atomic E-state index is 10.5. The summed E-state index contributed by atoms with van der Waals surface area (Å²) >= 11 is 0. The highest BCUT2D eigenvalue weighted by Gasteiger charge is 2.23. The first-order valence-corrected chi connectivity index (χ1v) is 19.0. The molecule has 57 heavy (non-hydrogen) atoms. The fraction of sp³-hybridized carbons (Fsp3) is 0. The van der Waals surface area contributed by atoms with Crippen LogP contribution in [0.1, 0.15) is 0 Å². The van der Waals surface area contributed by atoms with Crippen LogP contribution < -0.4 is 0 Å². The van der Waals surface area contributed by atoms with Crippen molar-refractivity contribution >= 4 is 43.6 Å². The molecular formula is C51H33N5O. The summed E-state index contributed by atoms with van der Waals surface area (Å²) < 4.78 is 4.56. The lowest BCUT2D eigenvalue weighted by atomic mass is 10.0. The lowest BCUT2D eigenvalue weighted by Gasteiger charge is -2.14. The molecule has 11 rings (SSSR count). The van der Waals surface area contributed by atoms with Gasteiger partial charge >= 0.3 is 0 Å². The fourth-order valence-corrected chi connectivity index (χ4v) is 8.22. The quantitative estimate of drug-likeness (QED) is 0.185. The Labute approximate surface area is 328 Å². The summed E-state index contributed by atoms with van der Waals surface area (Å²) in [7, 11) is 0. The number of phenolic OH excluding ortho intramolecular Hbond substituents is 1. The van der Waals surface area contributed by atoms with Crippen LogP contribution in [0.5, 0.6) is 5.75 Å². The summed E-state index contributed by atoms with van der Waals surface area (Å²) in [6.07, 6.45) is 0. The van der Waals surface area contributed by atoms with Gasteiger partial charge in [-0.05, 0) is 58.7 Å². The standard InChI is InChI=1S/C51H33N5O/c57-40-17-11-16-38(32-40)50-52-49(37-14-5-2-6-15-37)53-51(54-50)56-46-21-10-8-19-42(46)44-31-30-43-41-18-7-9-20-45(41)55(47(43)48(44)56)39-28-26-36(27-29-39)35-24-22-34(23-25-35)33-12-3-1-4-13-33/h1-32,57H. The van der Waals surface area contributed by atoms with E-state index in [9.17, 15) is 5.11 Å². The molecule has 6 heteroatoms. The summed E-state index contributed by atoms with van der Waals surface area (Å²) in [5.74, 6) is 1.66. The van der Waals surface area contributed by atoms with Crippen molar-refractivity contribution in [2.24, 2.45) is 0 Å². The van der Waals surface area contributed by atoms with Gasteiger partial charge in [0.2, 0.25) is 5.95 Å². The molecule has 3 aromatic heterocycles. The van der Waals surface area contributed by atoms with E-state index in [4.69, 9.17) is 15.0 Å². The Hall–Kier alpha value is -7.83. The van der Waals surface area contributed by atoms with E-state index >= 15 is 0 Å². The first kappa shape index (κ1) is 32.6. The smallest absolute Gasteiger partial charge is 0.238 e. The van der Waals surface area contributed by atoms with Crippen LogP contribution in [0.25, 0.3) is 100 Å². The molecule has 0 fully saturated rings. The second-order valence-electron chi connectivity index (χ2n) is 14.3. The summed E-state index contributed by atoms with van der Waals surface area (Å²) in [5, 5.41) is 15.0. The van der Waals surface area contributed by atoms with Gasteiger partial charge in [0.05, 0.1) is 22.1 Å². The molecular weight excluding hydrogens is 699 g/mol. The predicted octanol–water partition coefficient (Wildman–Crippen LogP) is 12.4. The first-order chi connectivity index (χ1) is 28.2. The van der Waals surface area contributed by atoms with E-state index in [2.05, 4.69) is 143 Å². The van der Waals surface area contributed by atoms with Crippen LogP contribution in [0.3, 0.4) is 0 Å². The first-order valence-electron chi connectivity index (χ1n) is 19.0. The average Bonchev–Trinajstić information content (AvgIpc) is 3.80. The monoisotopic (exact) mass is 731 g/mol. The zero-order valence-electron chi connectivity index (χ0n) is 30.7. The molecule has 6 nitrogen and oxygen atoms in total. The Morgan fingerprint density at radius 3 is 1.39 bits per heavy atom. The summed E-state index contributed by atoms with van der Waals surface area (Å²) in [4.78, 5) is 15.3. The molecule has 0 aliphatic carbocycles. The van der Waals surface area contributed by atoms with Gasteiger partial charge in [-0.15, -0.1) is 0 Å². The minimum atomic E-state index is 0.147. The lowest BCUT2D eigenvalue weighted by Crippen LogP contribution is -2.07. The van der Waals surface area contributed by atoms with E-state index in [1.165, 1.54) is 11.1 Å². The Morgan fingerprint density at radius 2 is 0.789 bits per heavy atom. The van der Waals surface area contributed by atoms with E-state index in [1.54, 1.807) is 12.1 Å². The third kappa shape index (κ3) is 5.46. The fourth-order valence-electron chi connectivity index (χ4n) is 8.22. The normalized spacial score (nSPS) is 11.6. The molecule has 268 valence electrons. The number of hydrogen-bond donors (Lipinski definition) is 1. The molecule has 0 aliphatic rings. The van der Waals surface area contributed by atoms with E-state index in [1.807, 2.05) is 48.5 Å². The Bertz CT molecular complexity index is 3280. The predicted molar refractivity (Wildman–Crippen MR) is 232 cm³/mol. The van der Waals surface area contributed by atoms with E-state index in [-0.39, 0.29) is 5.75 Å². The van der Waals surface area contributed by atoms with Crippen molar-refractivity contribution < 1.29 is 5.11 Å². The molecule has 0 saturated carbocycles. The van der Waals surface area contributed by atoms with Crippen molar-refractivity contribution in [1.29, 1.82) is 0 Å². The average molecular weight is 732 g/mol. The van der Waals surface area contributed by atoms with Gasteiger partial charge in [0.1, 0.15) is 5.75 Å². The Balaban J connectivity index is 1.16. The van der Waals surface area contributed by atoms with Crippen molar-refractivity contribution in [3.05, 3.63) is 194 Å². The molecule has 8 aromatic carbocycles. The van der Waals surface area contributed by atoms with Crippen LogP contribution in [0.2, 0.25) is 0 Å². The molecule has 11 aromatic rings. The number of phenols is 1. The van der Waals surface area contributed by atoms with Crippen molar-refractivity contribution in [1.82, 2.24) is 24.1 Å². The van der Waals surface area contributed by atoms with Gasteiger partial charge in [0.25, 0.3) is 0 Å². The van der Waals surface area contributed by atoms with E-state index < -0.39 is 0 Å². The van der Waals surface area contributed by atoms with Gasteiger partial charge < -0.3 is 9.67 Å². The van der Waals surface area contributed by atoms with Crippen LogP contribution in [0.15, 0.2) is 194 Å². The zero-order chi connectivity index (χ0) is 37.9. The van der Waals surface area contributed by atoms with Gasteiger partial charge in [-0.25, -0.2) is 4.98 Å². The molecule has 0 amide bonds. The van der Waals surface area contributed by atoms with Crippen molar-refractivity contribution in [2.75, 3.05) is 0 Å². The largest absolute Gasteiger partial charge is 0.508 e. The Morgan fingerprint density at radius 1 is 0.333 bits per heavy atom. The molecule has 0 unspecified atom stereocenters. The molecule has 0 saturated heterocycles. The van der Waals surface area contributed by atoms with Crippen LogP contribution in [0, 0.1) is 0 Å². The summed E-state index contributed by atoms with van der Waals surface area (Å²) in [6, 6.07) is 66.7. The third-order valence-electron chi connectivity index (χ3n) is 10.9. The maximum absolute atomic E-state index is 10.5. The maximum Gasteiger partial charge on any atom is 0.238 e. The lowest BCUT2D eigenvalue weighted by molar-refractivity contribution is 0.475. The molecule has 0 radical (unpaired) electrons. The summed E-state index contributed by atoms with van der Waals surface area (Å²) in [5.41, 5.74) is 11.5. The highest BCUT2D eigenvalue weighted by atomic mass is 16.3. The van der Waals surface area contributed by atoms with Gasteiger partial charge in [0.15, 0.2) is 11.6 Å². The SMILES string of the molecule is Oc1cccc(-c2nc(-c3ccccc3)nc(-n3c4ccccc4c4ccc5c6ccccc6n(-c6ccc(-c7ccc(-c8ccccc8)cc7)cc6)c5c43)n2)c1.